The van der Waals surface area contributed by atoms with Gasteiger partial charge in [0.25, 0.3) is 0 Å². The molecular weight excluding hydrogens is 361 g/mol. The van der Waals surface area contributed by atoms with Gasteiger partial charge in [-0.25, -0.2) is 14.4 Å². The molecule has 0 amide bonds. The number of ether oxygens (including phenoxy) is 1. The van der Waals surface area contributed by atoms with Crippen LogP contribution in [0.5, 0.6) is 0 Å². The molecule has 0 unspecified atom stereocenters. The summed E-state index contributed by atoms with van der Waals surface area (Å²) in [6.07, 6.45) is 1.47. The van der Waals surface area contributed by atoms with Crippen molar-refractivity contribution in [1.29, 1.82) is 0 Å². The van der Waals surface area contributed by atoms with E-state index in [1.165, 1.54) is 29.8 Å². The molecule has 25 heavy (non-hydrogen) atoms. The Kier molecular flexibility index (Phi) is 5.69. The fourth-order valence-electron chi connectivity index (χ4n) is 2.15. The monoisotopic (exact) mass is 377 g/mol. The molecule has 3 rings (SSSR count). The highest BCUT2D eigenvalue weighted by atomic mass is 32.1. The highest BCUT2D eigenvalue weighted by molar-refractivity contribution is 7.80. The first-order valence-electron chi connectivity index (χ1n) is 7.46. The summed E-state index contributed by atoms with van der Waals surface area (Å²) in [4.78, 5) is 9.43. The van der Waals surface area contributed by atoms with E-state index in [9.17, 15) is 4.39 Å². The number of nitrogens with zero attached hydrogens (tertiary/aromatic N) is 2. The quantitative estimate of drug-likeness (QED) is 0.347. The molecule has 0 aliphatic rings. The van der Waals surface area contributed by atoms with Crippen molar-refractivity contribution in [3.8, 4) is 10.4 Å². The number of halogens is 1. The van der Waals surface area contributed by atoms with E-state index in [1.807, 2.05) is 12.1 Å². The smallest absolute Gasteiger partial charge is 0.185 e. The van der Waals surface area contributed by atoms with Gasteiger partial charge in [-0.05, 0) is 36.0 Å². The first-order valence-corrected chi connectivity index (χ1v) is 8.69. The lowest BCUT2D eigenvalue weighted by Crippen LogP contribution is -2.40. The van der Waals surface area contributed by atoms with E-state index >= 15 is 0 Å². The normalized spacial score (nSPS) is 10.6. The summed E-state index contributed by atoms with van der Waals surface area (Å²) in [5.41, 5.74) is 7.44. The van der Waals surface area contributed by atoms with Crippen LogP contribution in [0.2, 0.25) is 0 Å². The summed E-state index contributed by atoms with van der Waals surface area (Å²) >= 11 is 6.64. The zero-order chi connectivity index (χ0) is 17.6. The van der Waals surface area contributed by atoms with E-state index in [1.54, 1.807) is 13.2 Å². The Hall–Kier alpha value is -2.36. The lowest BCUT2D eigenvalue weighted by Gasteiger charge is -2.11. The van der Waals surface area contributed by atoms with E-state index in [4.69, 9.17) is 17.0 Å². The number of hydrazine groups is 1. The summed E-state index contributed by atoms with van der Waals surface area (Å²) in [6.45, 7) is 1.16. The molecule has 9 heteroatoms. The Labute approximate surface area is 153 Å². The van der Waals surface area contributed by atoms with Crippen LogP contribution >= 0.6 is 23.6 Å². The minimum absolute atomic E-state index is 0.270. The molecule has 0 aliphatic carbocycles. The van der Waals surface area contributed by atoms with E-state index in [0.717, 1.165) is 20.7 Å². The van der Waals surface area contributed by atoms with Gasteiger partial charge in [0.2, 0.25) is 0 Å². The van der Waals surface area contributed by atoms with Crippen molar-refractivity contribution in [3.63, 3.8) is 0 Å². The van der Waals surface area contributed by atoms with Crippen LogP contribution < -0.4 is 16.2 Å². The van der Waals surface area contributed by atoms with Crippen molar-refractivity contribution in [2.75, 3.05) is 25.7 Å². The van der Waals surface area contributed by atoms with Gasteiger partial charge in [0.05, 0.1) is 16.8 Å². The second-order valence-electron chi connectivity index (χ2n) is 5.06. The Morgan fingerprint density at radius 2 is 2.20 bits per heavy atom. The highest BCUT2D eigenvalue weighted by Crippen LogP contribution is 2.35. The van der Waals surface area contributed by atoms with Crippen LogP contribution in [0.1, 0.15) is 0 Å². The third kappa shape index (κ3) is 4.38. The summed E-state index contributed by atoms with van der Waals surface area (Å²) < 4.78 is 19.3. The SMILES string of the molecule is COCCNC(=S)NNc1ncnc2cc(-c3cccc(F)c3)sc12. The molecule has 0 saturated carbocycles. The molecule has 0 radical (unpaired) electrons. The molecule has 0 spiro atoms. The number of rotatable bonds is 6. The number of benzene rings is 1. The van der Waals surface area contributed by atoms with Gasteiger partial charge in [-0.2, -0.15) is 0 Å². The van der Waals surface area contributed by atoms with Crippen LogP contribution in [0, 0.1) is 5.82 Å². The fourth-order valence-corrected chi connectivity index (χ4v) is 3.36. The Bertz CT molecular complexity index is 886. The molecule has 0 aliphatic heterocycles. The van der Waals surface area contributed by atoms with Gasteiger partial charge in [-0.15, -0.1) is 11.3 Å². The number of hydrogen-bond acceptors (Lipinski definition) is 6. The molecule has 3 aromatic rings. The maximum atomic E-state index is 13.4. The number of anilines is 1. The summed E-state index contributed by atoms with van der Waals surface area (Å²) in [6, 6.07) is 8.38. The molecule has 6 nitrogen and oxygen atoms in total. The third-order valence-corrected chi connectivity index (χ3v) is 4.73. The highest BCUT2D eigenvalue weighted by Gasteiger charge is 2.11. The van der Waals surface area contributed by atoms with Crippen LogP contribution in [-0.4, -0.2) is 35.3 Å². The summed E-state index contributed by atoms with van der Waals surface area (Å²) in [5.74, 6) is 0.335. The molecule has 0 bridgehead atoms. The van der Waals surface area contributed by atoms with Crippen molar-refractivity contribution < 1.29 is 9.13 Å². The Morgan fingerprint density at radius 3 is 3.00 bits per heavy atom. The molecule has 0 fully saturated rings. The molecule has 1 aromatic carbocycles. The number of fused-ring (bicyclic) bond motifs is 1. The maximum absolute atomic E-state index is 13.4. The van der Waals surface area contributed by atoms with Crippen molar-refractivity contribution >= 4 is 44.7 Å². The molecular formula is C16H16FN5OS2. The van der Waals surface area contributed by atoms with Crippen LogP contribution in [0.25, 0.3) is 20.7 Å². The van der Waals surface area contributed by atoms with E-state index in [-0.39, 0.29) is 5.82 Å². The van der Waals surface area contributed by atoms with Gasteiger partial charge in [0, 0.05) is 18.5 Å². The second-order valence-corrected chi connectivity index (χ2v) is 6.52. The summed E-state index contributed by atoms with van der Waals surface area (Å²) in [5, 5.41) is 3.43. The first-order chi connectivity index (χ1) is 12.2. The first kappa shape index (κ1) is 17.5. The largest absolute Gasteiger partial charge is 0.383 e. The molecule has 0 atom stereocenters. The third-order valence-electron chi connectivity index (χ3n) is 3.31. The minimum Gasteiger partial charge on any atom is -0.383 e. The van der Waals surface area contributed by atoms with Crippen molar-refractivity contribution in [2.24, 2.45) is 0 Å². The van der Waals surface area contributed by atoms with Crippen molar-refractivity contribution in [1.82, 2.24) is 20.7 Å². The van der Waals surface area contributed by atoms with Gasteiger partial charge in [0.1, 0.15) is 12.1 Å². The zero-order valence-corrected chi connectivity index (χ0v) is 15.0. The van der Waals surface area contributed by atoms with E-state index in [0.29, 0.717) is 24.1 Å². The Morgan fingerprint density at radius 1 is 1.32 bits per heavy atom. The molecule has 130 valence electrons. The number of hydrogen-bond donors (Lipinski definition) is 3. The molecule has 3 N–H and O–H groups in total. The number of nitrogens with one attached hydrogen (secondary N) is 3. The van der Waals surface area contributed by atoms with Gasteiger partial charge in [-0.3, -0.25) is 10.9 Å². The number of thiocarbonyl (C=S) groups is 1. The lowest BCUT2D eigenvalue weighted by atomic mass is 10.2. The molecule has 2 heterocycles. The molecule has 0 saturated heterocycles. The number of aromatic nitrogens is 2. The topological polar surface area (TPSA) is 71.1 Å². The zero-order valence-electron chi connectivity index (χ0n) is 13.4. The van der Waals surface area contributed by atoms with E-state index in [2.05, 4.69) is 26.1 Å². The average molecular weight is 377 g/mol. The standard InChI is InChI=1S/C16H16FN5OS2/c1-23-6-5-18-16(24)22-21-15-14-12(19-9-20-15)8-13(25-14)10-3-2-4-11(17)7-10/h2-4,7-9H,5-6H2,1H3,(H2,18,22,24)(H,19,20,21). The van der Waals surface area contributed by atoms with Gasteiger partial charge >= 0.3 is 0 Å². The fraction of sp³-hybridized carbons (Fsp3) is 0.188. The lowest BCUT2D eigenvalue weighted by molar-refractivity contribution is 0.204. The summed E-state index contributed by atoms with van der Waals surface area (Å²) in [7, 11) is 1.63. The van der Waals surface area contributed by atoms with Crippen molar-refractivity contribution in [2.45, 2.75) is 0 Å². The number of thiophene rings is 1. The van der Waals surface area contributed by atoms with Crippen LogP contribution in [0.15, 0.2) is 36.7 Å². The van der Waals surface area contributed by atoms with Crippen molar-refractivity contribution in [3.05, 3.63) is 42.5 Å². The average Bonchev–Trinajstić information content (AvgIpc) is 3.05. The van der Waals surface area contributed by atoms with Gasteiger partial charge in [0.15, 0.2) is 10.9 Å². The predicted molar refractivity (Wildman–Crippen MR) is 102 cm³/mol. The van der Waals surface area contributed by atoms with Gasteiger partial charge < -0.3 is 10.1 Å². The number of methoxy groups -OCH3 is 1. The van der Waals surface area contributed by atoms with Gasteiger partial charge in [-0.1, -0.05) is 12.1 Å². The van der Waals surface area contributed by atoms with Crippen LogP contribution in [0.4, 0.5) is 10.2 Å². The van der Waals surface area contributed by atoms with Crippen LogP contribution in [0.3, 0.4) is 0 Å². The predicted octanol–water partition coefficient (Wildman–Crippen LogP) is 2.93. The maximum Gasteiger partial charge on any atom is 0.185 e. The Balaban J connectivity index is 1.77. The minimum atomic E-state index is -0.270. The second kappa shape index (κ2) is 8.15. The molecule has 2 aromatic heterocycles. The van der Waals surface area contributed by atoms with Crippen LogP contribution in [-0.2, 0) is 4.74 Å². The van der Waals surface area contributed by atoms with E-state index < -0.39 is 0 Å².